The van der Waals surface area contributed by atoms with Gasteiger partial charge in [-0.1, -0.05) is 36.4 Å². The van der Waals surface area contributed by atoms with Crippen LogP contribution in [-0.4, -0.2) is 15.9 Å². The molecule has 3 aromatic rings. The summed E-state index contributed by atoms with van der Waals surface area (Å²) in [6.45, 7) is 1.37. The second-order valence-electron chi connectivity index (χ2n) is 4.90. The molecule has 1 N–H and O–H groups in total. The molecule has 23 heavy (non-hydrogen) atoms. The minimum Gasteiger partial charge on any atom is -0.427 e. The van der Waals surface area contributed by atoms with E-state index < -0.39 is 0 Å². The third-order valence-corrected chi connectivity index (χ3v) is 3.10. The lowest BCUT2D eigenvalue weighted by molar-refractivity contribution is -0.131. The van der Waals surface area contributed by atoms with Crippen molar-refractivity contribution in [2.75, 3.05) is 5.32 Å². The average molecular weight is 305 g/mol. The van der Waals surface area contributed by atoms with Crippen LogP contribution in [0.4, 0.5) is 11.5 Å². The summed E-state index contributed by atoms with van der Waals surface area (Å²) >= 11 is 0. The van der Waals surface area contributed by atoms with Gasteiger partial charge in [-0.05, 0) is 12.1 Å². The van der Waals surface area contributed by atoms with E-state index in [4.69, 9.17) is 4.74 Å². The molecule has 114 valence electrons. The highest BCUT2D eigenvalue weighted by Crippen LogP contribution is 2.23. The molecular weight excluding hydrogens is 290 g/mol. The van der Waals surface area contributed by atoms with Gasteiger partial charge in [0.2, 0.25) is 0 Å². The average Bonchev–Trinajstić information content (AvgIpc) is 2.56. The van der Waals surface area contributed by atoms with Gasteiger partial charge in [0.15, 0.2) is 0 Å². The predicted octanol–water partition coefficient (Wildman–Crippen LogP) is 3.81. The molecule has 1 heterocycles. The maximum absolute atomic E-state index is 11.0. The lowest BCUT2D eigenvalue weighted by Gasteiger charge is -2.08. The number of nitrogens with one attached hydrogen (secondary N) is 1. The summed E-state index contributed by atoms with van der Waals surface area (Å²) in [5.41, 5.74) is 2.63. The van der Waals surface area contributed by atoms with Crippen LogP contribution in [0.25, 0.3) is 11.3 Å². The molecule has 0 saturated carbocycles. The zero-order valence-electron chi connectivity index (χ0n) is 12.6. The van der Waals surface area contributed by atoms with Crippen molar-refractivity contribution in [2.45, 2.75) is 6.92 Å². The Labute approximate surface area is 134 Å². The van der Waals surface area contributed by atoms with Crippen molar-refractivity contribution >= 4 is 17.5 Å². The fourth-order valence-electron chi connectivity index (χ4n) is 2.14. The van der Waals surface area contributed by atoms with Crippen LogP contribution in [0.2, 0.25) is 0 Å². The van der Waals surface area contributed by atoms with Gasteiger partial charge in [0.25, 0.3) is 0 Å². The molecule has 0 saturated heterocycles. The van der Waals surface area contributed by atoms with Gasteiger partial charge in [-0.25, -0.2) is 9.97 Å². The third-order valence-electron chi connectivity index (χ3n) is 3.10. The maximum atomic E-state index is 11.0. The number of anilines is 2. The number of benzene rings is 2. The first-order chi connectivity index (χ1) is 11.2. The van der Waals surface area contributed by atoms with Crippen LogP contribution in [0, 0.1) is 0 Å². The quantitative estimate of drug-likeness (QED) is 0.586. The predicted molar refractivity (Wildman–Crippen MR) is 88.5 cm³/mol. The normalized spacial score (nSPS) is 10.1. The van der Waals surface area contributed by atoms with Crippen LogP contribution in [0.15, 0.2) is 67.0 Å². The molecule has 1 aromatic heterocycles. The van der Waals surface area contributed by atoms with Gasteiger partial charge in [-0.2, -0.15) is 0 Å². The second-order valence-corrected chi connectivity index (χ2v) is 4.90. The summed E-state index contributed by atoms with van der Waals surface area (Å²) in [4.78, 5) is 19.5. The van der Waals surface area contributed by atoms with Crippen LogP contribution in [0.1, 0.15) is 6.92 Å². The molecule has 0 atom stereocenters. The van der Waals surface area contributed by atoms with E-state index in [0.29, 0.717) is 11.6 Å². The largest absolute Gasteiger partial charge is 0.427 e. The van der Waals surface area contributed by atoms with Gasteiger partial charge in [0.1, 0.15) is 17.9 Å². The molecule has 0 aliphatic rings. The number of esters is 1. The summed E-state index contributed by atoms with van der Waals surface area (Å²) < 4.78 is 5.07. The fraction of sp³-hybridized carbons (Fsp3) is 0.0556. The number of hydrogen-bond acceptors (Lipinski definition) is 5. The van der Waals surface area contributed by atoms with Crippen LogP contribution in [0.3, 0.4) is 0 Å². The topological polar surface area (TPSA) is 64.1 Å². The Morgan fingerprint density at radius 2 is 1.83 bits per heavy atom. The van der Waals surface area contributed by atoms with E-state index in [1.54, 1.807) is 18.2 Å². The SMILES string of the molecule is CC(=O)Oc1cccc(Nc2cc(-c3ccccc3)ncn2)c1. The first-order valence-corrected chi connectivity index (χ1v) is 7.14. The van der Waals surface area contributed by atoms with Crippen LogP contribution in [-0.2, 0) is 4.79 Å². The van der Waals surface area contributed by atoms with Gasteiger partial charge < -0.3 is 10.1 Å². The molecule has 0 bridgehead atoms. The van der Waals surface area contributed by atoms with E-state index in [0.717, 1.165) is 16.9 Å². The Balaban J connectivity index is 1.82. The molecule has 0 fully saturated rings. The number of nitrogens with zero attached hydrogens (tertiary/aromatic N) is 2. The first kappa shape index (κ1) is 14.7. The lowest BCUT2D eigenvalue weighted by atomic mass is 10.1. The van der Waals surface area contributed by atoms with E-state index >= 15 is 0 Å². The smallest absolute Gasteiger partial charge is 0.308 e. The lowest BCUT2D eigenvalue weighted by Crippen LogP contribution is -2.02. The Hall–Kier alpha value is -3.21. The second kappa shape index (κ2) is 6.70. The Morgan fingerprint density at radius 1 is 1.00 bits per heavy atom. The Morgan fingerprint density at radius 3 is 2.61 bits per heavy atom. The standard InChI is InChI=1S/C18H15N3O2/c1-13(22)23-16-9-5-8-15(10-16)21-18-11-17(19-12-20-18)14-6-3-2-4-7-14/h2-12H,1H3,(H,19,20,21). The minimum atomic E-state index is -0.351. The molecule has 0 unspecified atom stereocenters. The van der Waals surface area contributed by atoms with E-state index in [2.05, 4.69) is 15.3 Å². The zero-order valence-corrected chi connectivity index (χ0v) is 12.6. The zero-order chi connectivity index (χ0) is 16.1. The summed E-state index contributed by atoms with van der Waals surface area (Å²) in [5, 5.41) is 3.19. The van der Waals surface area contributed by atoms with Crippen molar-refractivity contribution in [3.63, 3.8) is 0 Å². The van der Waals surface area contributed by atoms with Gasteiger partial charge in [-0.3, -0.25) is 4.79 Å². The van der Waals surface area contributed by atoms with Gasteiger partial charge in [0, 0.05) is 30.3 Å². The molecule has 0 aliphatic carbocycles. The molecule has 5 heteroatoms. The fourth-order valence-corrected chi connectivity index (χ4v) is 2.14. The van der Waals surface area contributed by atoms with Crippen molar-refractivity contribution < 1.29 is 9.53 Å². The molecular formula is C18H15N3O2. The number of carbonyl (C=O) groups excluding carboxylic acids is 1. The number of hydrogen-bond donors (Lipinski definition) is 1. The molecule has 0 spiro atoms. The summed E-state index contributed by atoms with van der Waals surface area (Å²) in [5.74, 6) is 0.800. The first-order valence-electron chi connectivity index (χ1n) is 7.14. The van der Waals surface area contributed by atoms with E-state index in [1.165, 1.54) is 13.3 Å². The number of ether oxygens (including phenoxy) is 1. The molecule has 2 aromatic carbocycles. The Bertz CT molecular complexity index is 819. The number of rotatable bonds is 4. The van der Waals surface area contributed by atoms with E-state index in [-0.39, 0.29) is 5.97 Å². The molecule has 0 aliphatic heterocycles. The van der Waals surface area contributed by atoms with Crippen molar-refractivity contribution in [2.24, 2.45) is 0 Å². The molecule has 5 nitrogen and oxygen atoms in total. The number of carbonyl (C=O) groups is 1. The van der Waals surface area contributed by atoms with E-state index in [9.17, 15) is 4.79 Å². The molecule has 3 rings (SSSR count). The summed E-state index contributed by atoms with van der Waals surface area (Å²) in [6.07, 6.45) is 1.51. The minimum absolute atomic E-state index is 0.351. The summed E-state index contributed by atoms with van der Waals surface area (Å²) in [7, 11) is 0. The maximum Gasteiger partial charge on any atom is 0.308 e. The van der Waals surface area contributed by atoms with Crippen LogP contribution in [0.5, 0.6) is 5.75 Å². The van der Waals surface area contributed by atoms with Crippen molar-refractivity contribution in [1.82, 2.24) is 9.97 Å². The monoisotopic (exact) mass is 305 g/mol. The van der Waals surface area contributed by atoms with Crippen molar-refractivity contribution in [1.29, 1.82) is 0 Å². The highest BCUT2D eigenvalue weighted by atomic mass is 16.5. The van der Waals surface area contributed by atoms with Crippen LogP contribution < -0.4 is 10.1 Å². The van der Waals surface area contributed by atoms with Crippen molar-refractivity contribution in [3.05, 3.63) is 67.0 Å². The highest BCUT2D eigenvalue weighted by molar-refractivity contribution is 5.70. The molecule has 0 radical (unpaired) electrons. The third kappa shape index (κ3) is 3.91. The Kier molecular flexibility index (Phi) is 4.29. The van der Waals surface area contributed by atoms with Gasteiger partial charge >= 0.3 is 5.97 Å². The molecule has 0 amide bonds. The van der Waals surface area contributed by atoms with E-state index in [1.807, 2.05) is 42.5 Å². The highest BCUT2D eigenvalue weighted by Gasteiger charge is 2.04. The van der Waals surface area contributed by atoms with Gasteiger partial charge in [0.05, 0.1) is 5.69 Å². The van der Waals surface area contributed by atoms with Crippen molar-refractivity contribution in [3.8, 4) is 17.0 Å². The summed E-state index contributed by atoms with van der Waals surface area (Å²) in [6, 6.07) is 18.9. The van der Waals surface area contributed by atoms with Crippen LogP contribution >= 0.6 is 0 Å². The van der Waals surface area contributed by atoms with Gasteiger partial charge in [-0.15, -0.1) is 0 Å². The number of aromatic nitrogens is 2.